The Bertz CT molecular complexity index is 1150. The van der Waals surface area contributed by atoms with E-state index in [0.717, 1.165) is 10.5 Å². The lowest BCUT2D eigenvalue weighted by Gasteiger charge is -2.21. The van der Waals surface area contributed by atoms with Crippen LogP contribution in [0.5, 0.6) is 0 Å². The molecule has 8 nitrogen and oxygen atoms in total. The number of aryl methyl sites for hydroxylation is 1. The fraction of sp³-hybridized carbons (Fsp3) is 0.150. The van der Waals surface area contributed by atoms with Crippen LogP contribution in [0.4, 0.5) is 5.69 Å². The van der Waals surface area contributed by atoms with Crippen LogP contribution in [0.1, 0.15) is 33.5 Å². The second kappa shape index (κ2) is 7.55. The van der Waals surface area contributed by atoms with Gasteiger partial charge in [-0.15, -0.1) is 0 Å². The van der Waals surface area contributed by atoms with Crippen molar-refractivity contribution in [3.63, 3.8) is 0 Å². The number of fused-ring (bicyclic) bond motifs is 1. The fourth-order valence-corrected chi connectivity index (χ4v) is 3.47. The number of rotatable bonds is 4. The summed E-state index contributed by atoms with van der Waals surface area (Å²) < 4.78 is 0. The Morgan fingerprint density at radius 3 is 2.13 bits per heavy atom. The normalized spacial score (nSPS) is 14.1. The van der Waals surface area contributed by atoms with Crippen molar-refractivity contribution in [2.45, 2.75) is 19.9 Å². The number of carbonyl (C=O) groups excluding carboxylic acids is 3. The van der Waals surface area contributed by atoms with Gasteiger partial charge >= 0.3 is 0 Å². The smallest absolute Gasteiger partial charge is 0.262 e. The molecule has 1 aliphatic rings. The average molecular weight is 444 g/mol. The van der Waals surface area contributed by atoms with Gasteiger partial charge in [-0.05, 0) is 50.2 Å². The topological polar surface area (TPSA) is 108 Å². The van der Waals surface area contributed by atoms with Gasteiger partial charge in [-0.25, -0.2) is 4.98 Å². The van der Waals surface area contributed by atoms with Crippen LogP contribution in [-0.2, 0) is 4.79 Å². The van der Waals surface area contributed by atoms with E-state index in [9.17, 15) is 14.4 Å². The van der Waals surface area contributed by atoms with E-state index < -0.39 is 23.8 Å². The molecule has 2 aromatic carbocycles. The van der Waals surface area contributed by atoms with E-state index in [2.05, 4.69) is 20.5 Å². The van der Waals surface area contributed by atoms with Crippen LogP contribution in [0.25, 0.3) is 11.4 Å². The maximum Gasteiger partial charge on any atom is 0.262 e. The van der Waals surface area contributed by atoms with Gasteiger partial charge in [0.2, 0.25) is 5.91 Å². The van der Waals surface area contributed by atoms with E-state index >= 15 is 0 Å². The van der Waals surface area contributed by atoms with Crippen molar-refractivity contribution in [2.75, 3.05) is 5.32 Å². The molecule has 1 aromatic heterocycles. The van der Waals surface area contributed by atoms with Crippen molar-refractivity contribution in [1.29, 1.82) is 0 Å². The van der Waals surface area contributed by atoms with Crippen molar-refractivity contribution in [3.8, 4) is 11.4 Å². The second-order valence-corrected chi connectivity index (χ2v) is 7.59. The molecular weight excluding hydrogens is 429 g/mol. The third-order valence-corrected chi connectivity index (χ3v) is 5.46. The molecular formula is C20H15Cl2N5O3. The number of anilines is 1. The molecule has 152 valence electrons. The summed E-state index contributed by atoms with van der Waals surface area (Å²) in [6, 6.07) is 8.54. The molecule has 3 amide bonds. The fourth-order valence-electron chi connectivity index (χ4n) is 3.14. The number of aromatic amines is 1. The molecule has 1 atom stereocenters. The number of amides is 3. The van der Waals surface area contributed by atoms with Crippen molar-refractivity contribution in [1.82, 2.24) is 20.1 Å². The van der Waals surface area contributed by atoms with Crippen molar-refractivity contribution < 1.29 is 14.4 Å². The number of nitrogens with one attached hydrogen (secondary N) is 2. The van der Waals surface area contributed by atoms with Crippen LogP contribution in [-0.4, -0.2) is 43.8 Å². The molecule has 4 rings (SSSR count). The third kappa shape index (κ3) is 3.44. The number of halogens is 2. The predicted octanol–water partition coefficient (Wildman–Crippen LogP) is 3.71. The highest BCUT2D eigenvalue weighted by molar-refractivity contribution is 6.43. The Morgan fingerprint density at radius 2 is 1.63 bits per heavy atom. The molecule has 2 N–H and O–H groups in total. The minimum Gasteiger partial charge on any atom is -0.324 e. The molecule has 0 spiro atoms. The van der Waals surface area contributed by atoms with Gasteiger partial charge < -0.3 is 5.32 Å². The highest BCUT2D eigenvalue weighted by atomic mass is 35.5. The molecule has 0 bridgehead atoms. The number of H-pyrrole nitrogens is 1. The van der Waals surface area contributed by atoms with Gasteiger partial charge in [0.05, 0.1) is 21.2 Å². The lowest BCUT2D eigenvalue weighted by atomic mass is 10.1. The Labute approximate surface area is 181 Å². The Balaban J connectivity index is 1.50. The lowest BCUT2D eigenvalue weighted by Crippen LogP contribution is -2.45. The van der Waals surface area contributed by atoms with Gasteiger partial charge in [0.1, 0.15) is 11.9 Å². The second-order valence-electron chi connectivity index (χ2n) is 6.78. The lowest BCUT2D eigenvalue weighted by molar-refractivity contribution is -0.119. The Morgan fingerprint density at radius 1 is 1.07 bits per heavy atom. The SMILES string of the molecule is Cc1nc(-c2ccc(NC(=O)C(C)N3C(=O)c4cc(Cl)c(Cl)cc4C3=O)cc2)n[nH]1. The number of nitrogens with zero attached hydrogens (tertiary/aromatic N) is 3. The summed E-state index contributed by atoms with van der Waals surface area (Å²) in [6.45, 7) is 3.28. The van der Waals surface area contributed by atoms with Gasteiger partial charge in [-0.3, -0.25) is 24.4 Å². The van der Waals surface area contributed by atoms with Crippen LogP contribution in [0, 0.1) is 6.92 Å². The van der Waals surface area contributed by atoms with Crippen LogP contribution in [0.3, 0.4) is 0 Å². The summed E-state index contributed by atoms with van der Waals surface area (Å²) in [5.74, 6) is -0.455. The molecule has 0 aliphatic carbocycles. The number of hydrogen-bond acceptors (Lipinski definition) is 5. The van der Waals surface area contributed by atoms with Crippen molar-refractivity contribution in [2.24, 2.45) is 0 Å². The molecule has 10 heteroatoms. The zero-order valence-electron chi connectivity index (χ0n) is 15.9. The van der Waals surface area contributed by atoms with Gasteiger partial charge in [-0.2, -0.15) is 5.10 Å². The summed E-state index contributed by atoms with van der Waals surface area (Å²) in [5.41, 5.74) is 1.53. The summed E-state index contributed by atoms with van der Waals surface area (Å²) in [7, 11) is 0. The highest BCUT2D eigenvalue weighted by Crippen LogP contribution is 2.32. The molecule has 0 radical (unpaired) electrons. The quantitative estimate of drug-likeness (QED) is 0.597. The van der Waals surface area contributed by atoms with Gasteiger partial charge in [-0.1, -0.05) is 23.2 Å². The molecule has 0 fully saturated rings. The first kappa shape index (κ1) is 20.1. The number of carbonyl (C=O) groups is 3. The molecule has 0 saturated heterocycles. The van der Waals surface area contributed by atoms with Gasteiger partial charge in [0.15, 0.2) is 5.82 Å². The van der Waals surface area contributed by atoms with E-state index in [1.54, 1.807) is 31.2 Å². The number of imide groups is 1. The van der Waals surface area contributed by atoms with E-state index in [1.807, 2.05) is 0 Å². The summed E-state index contributed by atoms with van der Waals surface area (Å²) >= 11 is 11.9. The molecule has 1 aliphatic heterocycles. The Kier molecular flexibility index (Phi) is 5.05. The van der Waals surface area contributed by atoms with Gasteiger partial charge in [0, 0.05) is 11.3 Å². The zero-order valence-corrected chi connectivity index (χ0v) is 17.4. The van der Waals surface area contributed by atoms with Crippen LogP contribution in [0.2, 0.25) is 10.0 Å². The van der Waals surface area contributed by atoms with Crippen LogP contribution in [0.15, 0.2) is 36.4 Å². The molecule has 2 heterocycles. The number of hydrogen-bond donors (Lipinski definition) is 2. The largest absolute Gasteiger partial charge is 0.324 e. The maximum atomic E-state index is 12.7. The highest BCUT2D eigenvalue weighted by Gasteiger charge is 2.41. The van der Waals surface area contributed by atoms with E-state index in [4.69, 9.17) is 23.2 Å². The van der Waals surface area contributed by atoms with Gasteiger partial charge in [0.25, 0.3) is 11.8 Å². The molecule has 1 unspecified atom stereocenters. The monoisotopic (exact) mass is 443 g/mol. The molecule has 0 saturated carbocycles. The molecule has 3 aromatic rings. The maximum absolute atomic E-state index is 12.7. The molecule has 30 heavy (non-hydrogen) atoms. The minimum absolute atomic E-state index is 0.125. The third-order valence-electron chi connectivity index (χ3n) is 4.73. The summed E-state index contributed by atoms with van der Waals surface area (Å²) in [4.78, 5) is 43.2. The Hall–Kier alpha value is -3.23. The average Bonchev–Trinajstić information content (AvgIpc) is 3.25. The van der Waals surface area contributed by atoms with Crippen molar-refractivity contribution >= 4 is 46.6 Å². The summed E-state index contributed by atoms with van der Waals surface area (Å²) in [6.07, 6.45) is 0. The summed E-state index contributed by atoms with van der Waals surface area (Å²) in [5, 5.41) is 9.88. The van der Waals surface area contributed by atoms with E-state index in [0.29, 0.717) is 17.3 Å². The van der Waals surface area contributed by atoms with E-state index in [1.165, 1.54) is 19.1 Å². The first-order valence-electron chi connectivity index (χ1n) is 8.93. The van der Waals surface area contributed by atoms with Crippen molar-refractivity contribution in [3.05, 3.63) is 63.4 Å². The first-order chi connectivity index (χ1) is 14.3. The first-order valence-corrected chi connectivity index (χ1v) is 9.69. The number of aromatic nitrogens is 3. The number of benzene rings is 2. The predicted molar refractivity (Wildman–Crippen MR) is 112 cm³/mol. The minimum atomic E-state index is -1.04. The van der Waals surface area contributed by atoms with Crippen LogP contribution >= 0.6 is 23.2 Å². The van der Waals surface area contributed by atoms with Crippen LogP contribution < -0.4 is 5.32 Å². The van der Waals surface area contributed by atoms with E-state index in [-0.39, 0.29) is 21.2 Å². The zero-order chi connectivity index (χ0) is 21.6. The standard InChI is InChI=1S/C20H15Cl2N5O3/c1-9(27-19(29)13-7-15(21)16(22)8-14(13)20(27)30)18(28)24-12-5-3-11(4-6-12)17-23-10(2)25-26-17/h3-9H,1-2H3,(H,24,28)(H,23,25,26).